The Bertz CT molecular complexity index is 653. The predicted octanol–water partition coefficient (Wildman–Crippen LogP) is 0.648. The van der Waals surface area contributed by atoms with E-state index >= 15 is 0 Å². The molecule has 1 aliphatic rings. The second-order valence-electron chi connectivity index (χ2n) is 4.55. The minimum atomic E-state index is -0.240. The fourth-order valence-corrected chi connectivity index (χ4v) is 2.22. The molecular weight excluding hydrogens is 260 g/mol. The molecule has 1 aromatic carbocycles. The number of methoxy groups -OCH3 is 1. The van der Waals surface area contributed by atoms with Crippen molar-refractivity contribution in [3.8, 4) is 11.5 Å². The molecule has 0 radical (unpaired) electrons. The van der Waals surface area contributed by atoms with Crippen molar-refractivity contribution >= 4 is 5.91 Å². The third-order valence-corrected chi connectivity index (χ3v) is 3.36. The normalized spacial score (nSPS) is 13.9. The molecule has 0 atom stereocenters. The van der Waals surface area contributed by atoms with Crippen molar-refractivity contribution in [2.45, 2.75) is 13.1 Å². The number of phenols is 1. The van der Waals surface area contributed by atoms with E-state index in [1.54, 1.807) is 17.3 Å². The summed E-state index contributed by atoms with van der Waals surface area (Å²) in [5.74, 6) is 0.983. The number of hydrogen-bond donors (Lipinski definition) is 1. The molecule has 20 heavy (non-hydrogen) atoms. The third-order valence-electron chi connectivity index (χ3n) is 3.36. The van der Waals surface area contributed by atoms with Gasteiger partial charge in [0.25, 0.3) is 5.91 Å². The maximum atomic E-state index is 12.5. The molecule has 0 saturated heterocycles. The molecule has 1 aromatic heterocycles. The molecule has 1 N–H and O–H groups in total. The van der Waals surface area contributed by atoms with Gasteiger partial charge in [-0.05, 0) is 18.2 Å². The lowest BCUT2D eigenvalue weighted by molar-refractivity contribution is 0.0704. The van der Waals surface area contributed by atoms with E-state index in [4.69, 9.17) is 4.74 Å². The Morgan fingerprint density at radius 1 is 1.40 bits per heavy atom. The van der Waals surface area contributed by atoms with E-state index in [0.717, 1.165) is 5.82 Å². The second kappa shape index (κ2) is 4.84. The van der Waals surface area contributed by atoms with E-state index in [0.29, 0.717) is 25.4 Å². The van der Waals surface area contributed by atoms with Gasteiger partial charge in [0.05, 0.1) is 19.2 Å². The summed E-state index contributed by atoms with van der Waals surface area (Å²) in [5.41, 5.74) is 0.234. The van der Waals surface area contributed by atoms with Crippen LogP contribution in [-0.2, 0) is 13.1 Å². The first kappa shape index (κ1) is 12.5. The van der Waals surface area contributed by atoms with Gasteiger partial charge in [-0.25, -0.2) is 0 Å². The lowest BCUT2D eigenvalue weighted by Gasteiger charge is -2.27. The van der Waals surface area contributed by atoms with Gasteiger partial charge in [-0.2, -0.15) is 0 Å². The van der Waals surface area contributed by atoms with Crippen LogP contribution in [-0.4, -0.2) is 44.3 Å². The first-order chi connectivity index (χ1) is 9.69. The average Bonchev–Trinajstić information content (AvgIpc) is 2.94. The largest absolute Gasteiger partial charge is 0.507 e. The van der Waals surface area contributed by atoms with Crippen molar-refractivity contribution in [1.29, 1.82) is 0 Å². The van der Waals surface area contributed by atoms with Crippen molar-refractivity contribution in [3.63, 3.8) is 0 Å². The average molecular weight is 274 g/mol. The third kappa shape index (κ3) is 2.07. The molecule has 1 aliphatic heterocycles. The molecule has 7 nitrogen and oxygen atoms in total. The van der Waals surface area contributed by atoms with Crippen LogP contribution in [0.15, 0.2) is 24.5 Å². The Kier molecular flexibility index (Phi) is 3.02. The number of benzene rings is 1. The van der Waals surface area contributed by atoms with Crippen molar-refractivity contribution in [3.05, 3.63) is 35.9 Å². The molecule has 1 amide bonds. The van der Waals surface area contributed by atoms with Crippen molar-refractivity contribution in [2.75, 3.05) is 13.7 Å². The lowest BCUT2D eigenvalue weighted by atomic mass is 10.1. The summed E-state index contributed by atoms with van der Waals surface area (Å²) >= 11 is 0. The van der Waals surface area contributed by atoms with Crippen LogP contribution in [0, 0.1) is 0 Å². The van der Waals surface area contributed by atoms with Crippen LogP contribution in [0.5, 0.6) is 11.5 Å². The minimum absolute atomic E-state index is 0.0529. The van der Waals surface area contributed by atoms with Crippen LogP contribution in [0.2, 0.25) is 0 Å². The van der Waals surface area contributed by atoms with Gasteiger partial charge >= 0.3 is 0 Å². The van der Waals surface area contributed by atoms with Crippen LogP contribution in [0.1, 0.15) is 16.2 Å². The van der Waals surface area contributed by atoms with Gasteiger partial charge in [0.15, 0.2) is 5.82 Å². The number of carbonyl (C=O) groups excluding carboxylic acids is 1. The summed E-state index contributed by atoms with van der Waals surface area (Å²) in [4.78, 5) is 14.1. The van der Waals surface area contributed by atoms with Crippen LogP contribution in [0.3, 0.4) is 0 Å². The zero-order valence-corrected chi connectivity index (χ0v) is 11.0. The highest BCUT2D eigenvalue weighted by molar-refractivity contribution is 5.97. The number of nitrogens with zero attached hydrogens (tertiary/aromatic N) is 4. The number of hydrogen-bond acceptors (Lipinski definition) is 5. The SMILES string of the molecule is COc1ccc(O)c(C(=O)N2CCn3cnnc3C2)c1. The number of rotatable bonds is 2. The highest BCUT2D eigenvalue weighted by Crippen LogP contribution is 2.25. The zero-order valence-electron chi connectivity index (χ0n) is 11.0. The number of phenolic OH excluding ortho intramolecular Hbond substituents is 1. The molecule has 7 heteroatoms. The van der Waals surface area contributed by atoms with Gasteiger partial charge in [-0.1, -0.05) is 0 Å². The second-order valence-corrected chi connectivity index (χ2v) is 4.55. The van der Waals surface area contributed by atoms with Crippen LogP contribution in [0.25, 0.3) is 0 Å². The monoisotopic (exact) mass is 274 g/mol. The van der Waals surface area contributed by atoms with Gasteiger partial charge < -0.3 is 19.3 Å². The lowest BCUT2D eigenvalue weighted by Crippen LogP contribution is -2.38. The smallest absolute Gasteiger partial charge is 0.258 e. The molecule has 0 fully saturated rings. The number of aromatic nitrogens is 3. The summed E-state index contributed by atoms with van der Waals surface area (Å²) in [7, 11) is 1.52. The van der Waals surface area contributed by atoms with E-state index in [1.165, 1.54) is 19.2 Å². The summed E-state index contributed by atoms with van der Waals surface area (Å²) < 4.78 is 6.99. The Balaban J connectivity index is 1.87. The van der Waals surface area contributed by atoms with Gasteiger partial charge in [-0.3, -0.25) is 4.79 Å². The van der Waals surface area contributed by atoms with Gasteiger partial charge in [-0.15, -0.1) is 10.2 Å². The molecular formula is C13H14N4O3. The summed E-state index contributed by atoms with van der Waals surface area (Å²) in [6.45, 7) is 1.59. The Hall–Kier alpha value is -2.57. The Morgan fingerprint density at radius 3 is 3.05 bits per heavy atom. The molecule has 3 rings (SSSR count). The Labute approximate surface area is 115 Å². The van der Waals surface area contributed by atoms with Crippen molar-refractivity contribution in [1.82, 2.24) is 19.7 Å². The van der Waals surface area contributed by atoms with Gasteiger partial charge in [0, 0.05) is 13.1 Å². The van der Waals surface area contributed by atoms with Crippen molar-refractivity contribution < 1.29 is 14.6 Å². The summed E-state index contributed by atoms with van der Waals surface area (Å²) in [5, 5.41) is 17.6. The van der Waals surface area contributed by atoms with E-state index in [-0.39, 0.29) is 17.2 Å². The molecule has 104 valence electrons. The first-order valence-electron chi connectivity index (χ1n) is 6.22. The fourth-order valence-electron chi connectivity index (χ4n) is 2.22. The fraction of sp³-hybridized carbons (Fsp3) is 0.308. The zero-order chi connectivity index (χ0) is 14.1. The van der Waals surface area contributed by atoms with Gasteiger partial charge in [0.2, 0.25) is 0 Å². The highest BCUT2D eigenvalue weighted by Gasteiger charge is 2.24. The van der Waals surface area contributed by atoms with Gasteiger partial charge in [0.1, 0.15) is 17.8 Å². The number of aromatic hydroxyl groups is 1. The molecule has 0 saturated carbocycles. The summed E-state index contributed by atoms with van der Waals surface area (Å²) in [6.07, 6.45) is 1.65. The Morgan fingerprint density at radius 2 is 2.25 bits per heavy atom. The van der Waals surface area contributed by atoms with Crippen LogP contribution < -0.4 is 4.74 Å². The molecule has 0 unspecified atom stereocenters. The molecule has 0 aliphatic carbocycles. The standard InChI is InChI=1S/C13H14N4O3/c1-20-9-2-3-11(18)10(6-9)13(19)16-4-5-17-8-14-15-12(17)7-16/h2-3,6,8,18H,4-5,7H2,1H3. The number of fused-ring (bicyclic) bond motifs is 1. The quantitative estimate of drug-likeness (QED) is 0.869. The molecule has 2 heterocycles. The van der Waals surface area contributed by atoms with E-state index in [1.807, 2.05) is 4.57 Å². The van der Waals surface area contributed by atoms with Crippen molar-refractivity contribution in [2.24, 2.45) is 0 Å². The van der Waals surface area contributed by atoms with E-state index in [9.17, 15) is 9.90 Å². The molecule has 0 bridgehead atoms. The number of carbonyl (C=O) groups is 1. The van der Waals surface area contributed by atoms with E-state index in [2.05, 4.69) is 10.2 Å². The van der Waals surface area contributed by atoms with Crippen LogP contribution >= 0.6 is 0 Å². The predicted molar refractivity (Wildman–Crippen MR) is 69.4 cm³/mol. The summed E-state index contributed by atoms with van der Waals surface area (Å²) in [6, 6.07) is 4.61. The topological polar surface area (TPSA) is 80.5 Å². The molecule has 0 spiro atoms. The number of ether oxygens (including phenoxy) is 1. The van der Waals surface area contributed by atoms with Crippen LogP contribution in [0.4, 0.5) is 0 Å². The maximum absolute atomic E-state index is 12.5. The maximum Gasteiger partial charge on any atom is 0.258 e. The minimum Gasteiger partial charge on any atom is -0.507 e. The highest BCUT2D eigenvalue weighted by atomic mass is 16.5. The number of amides is 1. The molecule has 2 aromatic rings. The van der Waals surface area contributed by atoms with E-state index < -0.39 is 0 Å². The first-order valence-corrected chi connectivity index (χ1v) is 6.22.